The number of hydrogen-bond acceptors (Lipinski definition) is 1. The molecule has 0 amide bonds. The van der Waals surface area contributed by atoms with E-state index in [1.807, 2.05) is 6.08 Å². The van der Waals surface area contributed by atoms with Gasteiger partial charge in [-0.25, -0.2) is 19.1 Å². The molecule has 0 aliphatic carbocycles. The van der Waals surface area contributed by atoms with E-state index in [4.69, 9.17) is 0 Å². The molecule has 76 valence electrons. The third kappa shape index (κ3) is 6.46. The Labute approximate surface area is 105 Å². The van der Waals surface area contributed by atoms with E-state index in [0.29, 0.717) is 0 Å². The molecule has 0 bridgehead atoms. The fraction of sp³-hybridized carbons (Fsp3) is 0.308. The third-order valence-corrected chi connectivity index (χ3v) is 2.21. The maximum Gasteiger partial charge on any atom is 1.00 e. The zero-order valence-corrected chi connectivity index (χ0v) is 9.82. The predicted octanol–water partition coefficient (Wildman–Crippen LogP) is -0.445. The van der Waals surface area contributed by atoms with Crippen LogP contribution in [0.25, 0.3) is 0 Å². The van der Waals surface area contributed by atoms with Crippen molar-refractivity contribution in [3.8, 4) is 0 Å². The summed E-state index contributed by atoms with van der Waals surface area (Å²) in [6.07, 6.45) is 5.03. The summed E-state index contributed by atoms with van der Waals surface area (Å²) in [6, 6.07) is 10.6. The Bertz CT molecular complexity index is 269. The van der Waals surface area contributed by atoms with Crippen molar-refractivity contribution in [3.05, 3.63) is 55.0 Å². The van der Waals surface area contributed by atoms with E-state index in [1.165, 1.54) is 5.56 Å². The Balaban J connectivity index is 0.00000196. The van der Waals surface area contributed by atoms with Gasteiger partial charge < -0.3 is 4.90 Å². The molecule has 0 saturated heterocycles. The first-order valence-electron chi connectivity index (χ1n) is 4.99. The van der Waals surface area contributed by atoms with Crippen molar-refractivity contribution in [2.45, 2.75) is 6.42 Å². The van der Waals surface area contributed by atoms with Crippen LogP contribution in [0.5, 0.6) is 0 Å². The normalized spacial score (nSPS) is 10.5. The molecule has 0 unspecified atom stereocenters. The van der Waals surface area contributed by atoms with Gasteiger partial charge in [0.15, 0.2) is 0 Å². The number of benzene rings is 1. The second-order valence-corrected chi connectivity index (χ2v) is 3.47. The van der Waals surface area contributed by atoms with E-state index in [-0.39, 0.29) is 18.9 Å². The van der Waals surface area contributed by atoms with Crippen LogP contribution in [0.2, 0.25) is 0 Å². The monoisotopic (exact) mass is 195 g/mol. The Kier molecular flexibility index (Phi) is 8.32. The molecule has 0 atom stereocenters. The van der Waals surface area contributed by atoms with Gasteiger partial charge in [-0.05, 0) is 25.6 Å². The van der Waals surface area contributed by atoms with Crippen molar-refractivity contribution in [3.63, 3.8) is 0 Å². The molecule has 1 rings (SSSR count). The number of hydrogen-bond donors (Lipinski definition) is 0. The van der Waals surface area contributed by atoms with Crippen LogP contribution in [0.3, 0.4) is 0 Å². The topological polar surface area (TPSA) is 3.24 Å². The van der Waals surface area contributed by atoms with Crippen molar-refractivity contribution < 1.29 is 18.9 Å². The van der Waals surface area contributed by atoms with Gasteiger partial charge in [-0.15, -0.1) is 0 Å². The molecule has 15 heavy (non-hydrogen) atoms. The molecule has 0 N–H and O–H groups in total. The summed E-state index contributed by atoms with van der Waals surface area (Å²) in [4.78, 5) is 2.29. The van der Waals surface area contributed by atoms with E-state index in [9.17, 15) is 0 Å². The van der Waals surface area contributed by atoms with Gasteiger partial charge >= 0.3 is 18.9 Å². The minimum absolute atomic E-state index is 0. The predicted molar refractivity (Wildman–Crippen MR) is 62.1 cm³/mol. The molecule has 0 radical (unpaired) electrons. The molecule has 1 aromatic rings. The smallest absolute Gasteiger partial charge is 0.319 e. The second kappa shape index (κ2) is 8.68. The van der Waals surface area contributed by atoms with Gasteiger partial charge in [0.1, 0.15) is 0 Å². The molecule has 1 nitrogen and oxygen atoms in total. The van der Waals surface area contributed by atoms with E-state index in [2.05, 4.69) is 55.3 Å². The Morgan fingerprint density at radius 1 is 1.27 bits per heavy atom. The molecule has 0 fully saturated rings. The van der Waals surface area contributed by atoms with Crippen LogP contribution in [0.15, 0.2) is 42.5 Å². The van der Waals surface area contributed by atoms with Crippen LogP contribution in [-0.2, 0) is 6.42 Å². The Morgan fingerprint density at radius 3 is 2.53 bits per heavy atom. The van der Waals surface area contributed by atoms with Gasteiger partial charge in [0.25, 0.3) is 0 Å². The van der Waals surface area contributed by atoms with Crippen molar-refractivity contribution in [2.24, 2.45) is 0 Å². The number of rotatable bonds is 5. The van der Waals surface area contributed by atoms with E-state index in [0.717, 1.165) is 19.5 Å². The Morgan fingerprint density at radius 2 is 1.93 bits per heavy atom. The molecule has 0 aliphatic heterocycles. The number of nitrogens with zero attached hydrogens (tertiary/aromatic N) is 1. The van der Waals surface area contributed by atoms with E-state index < -0.39 is 0 Å². The van der Waals surface area contributed by atoms with Crippen LogP contribution in [-0.4, -0.2) is 25.0 Å². The first-order valence-corrected chi connectivity index (χ1v) is 4.99. The van der Waals surface area contributed by atoms with Crippen LogP contribution >= 0.6 is 0 Å². The average Bonchev–Trinajstić information content (AvgIpc) is 2.25. The van der Waals surface area contributed by atoms with Crippen molar-refractivity contribution >= 4 is 0 Å². The summed E-state index contributed by atoms with van der Waals surface area (Å²) in [7, 11) is 2.13. The molecule has 1 aromatic carbocycles. The molecule has 0 spiro atoms. The summed E-state index contributed by atoms with van der Waals surface area (Å²) in [5.41, 5.74) is 1.40. The summed E-state index contributed by atoms with van der Waals surface area (Å²) in [5, 5.41) is 0. The maximum atomic E-state index is 3.67. The quantitative estimate of drug-likeness (QED) is 0.454. The summed E-state index contributed by atoms with van der Waals surface area (Å²) in [5.74, 6) is 0. The molecule has 0 heterocycles. The maximum absolute atomic E-state index is 3.67. The summed E-state index contributed by atoms with van der Waals surface area (Å²) < 4.78 is 0. The van der Waals surface area contributed by atoms with Gasteiger partial charge in [-0.3, -0.25) is 0 Å². The minimum Gasteiger partial charge on any atom is -0.319 e. The van der Waals surface area contributed by atoms with Crippen molar-refractivity contribution in [1.82, 2.24) is 4.90 Å². The Hall–Kier alpha value is -0.613. The van der Waals surface area contributed by atoms with Crippen LogP contribution in [0.4, 0.5) is 0 Å². The van der Waals surface area contributed by atoms with Crippen LogP contribution in [0, 0.1) is 6.92 Å². The number of allylic oxidation sites excluding steroid dienone is 1. The van der Waals surface area contributed by atoms with E-state index >= 15 is 0 Å². The largest absolute Gasteiger partial charge is 1.00 e. The van der Waals surface area contributed by atoms with Crippen LogP contribution < -0.4 is 18.9 Å². The van der Waals surface area contributed by atoms with E-state index in [1.54, 1.807) is 0 Å². The van der Waals surface area contributed by atoms with Gasteiger partial charge in [-0.1, -0.05) is 30.3 Å². The summed E-state index contributed by atoms with van der Waals surface area (Å²) >= 11 is 0. The molecule has 0 saturated carbocycles. The molecular formula is C13H18LiN. The first kappa shape index (κ1) is 14.4. The van der Waals surface area contributed by atoms with Crippen molar-refractivity contribution in [2.75, 3.05) is 20.1 Å². The summed E-state index contributed by atoms with van der Waals surface area (Å²) in [6.45, 7) is 5.74. The third-order valence-electron chi connectivity index (χ3n) is 2.21. The first-order chi connectivity index (χ1) is 6.83. The van der Waals surface area contributed by atoms with Crippen LogP contribution in [0.1, 0.15) is 5.56 Å². The minimum atomic E-state index is 0. The zero-order chi connectivity index (χ0) is 10.2. The standard InChI is InChI=1S/C13H18N.Li/c1-3-4-11-14(2)12-10-13-8-6-5-7-9-13;/h3-9H,1,10-12H2,2H3;/q-1;+1/b4-3+;. The van der Waals surface area contributed by atoms with Gasteiger partial charge in [0.05, 0.1) is 0 Å². The zero-order valence-electron chi connectivity index (χ0n) is 9.82. The second-order valence-electron chi connectivity index (χ2n) is 3.47. The fourth-order valence-corrected chi connectivity index (χ4v) is 1.31. The number of likely N-dealkylation sites (N-methyl/N-ethyl adjacent to an activating group) is 1. The molecular weight excluding hydrogens is 177 g/mol. The average molecular weight is 195 g/mol. The molecule has 2 heteroatoms. The SMILES string of the molecule is [CH2-]/C=C/CN(C)CCc1ccccc1.[Li+]. The fourth-order valence-electron chi connectivity index (χ4n) is 1.31. The molecule has 0 aliphatic rings. The van der Waals surface area contributed by atoms with Crippen molar-refractivity contribution in [1.29, 1.82) is 0 Å². The van der Waals surface area contributed by atoms with Gasteiger partial charge in [-0.2, -0.15) is 0 Å². The van der Waals surface area contributed by atoms with Gasteiger partial charge in [0, 0.05) is 6.54 Å². The molecule has 0 aromatic heterocycles. The van der Waals surface area contributed by atoms with Gasteiger partial charge in [0.2, 0.25) is 0 Å².